The summed E-state index contributed by atoms with van der Waals surface area (Å²) in [6.07, 6.45) is 7.46. The van der Waals surface area contributed by atoms with E-state index in [1.54, 1.807) is 0 Å². The van der Waals surface area contributed by atoms with Crippen molar-refractivity contribution in [3.8, 4) is 0 Å². The van der Waals surface area contributed by atoms with Crippen LogP contribution in [0.2, 0.25) is 0 Å². The molecule has 0 spiro atoms. The first-order chi connectivity index (χ1) is 12.2. The number of piperidine rings is 1. The van der Waals surface area contributed by atoms with E-state index in [0.29, 0.717) is 19.1 Å². The Bertz CT molecular complexity index is 564. The zero-order valence-electron chi connectivity index (χ0n) is 14.7. The molecule has 0 bridgehead atoms. The van der Waals surface area contributed by atoms with Crippen LogP contribution in [0.5, 0.6) is 0 Å². The van der Waals surface area contributed by atoms with Crippen molar-refractivity contribution in [2.75, 3.05) is 18.4 Å². The van der Waals surface area contributed by atoms with Gasteiger partial charge in [-0.05, 0) is 37.8 Å². The SMILES string of the molecule is O=C(NC1CCCCC1)NC1CCN(C(=O)Nc2ccccc2)CC1. The molecule has 1 heterocycles. The van der Waals surface area contributed by atoms with Crippen molar-refractivity contribution in [2.24, 2.45) is 0 Å². The molecule has 3 N–H and O–H groups in total. The molecule has 4 amide bonds. The number of benzene rings is 1. The number of anilines is 1. The van der Waals surface area contributed by atoms with Crippen molar-refractivity contribution in [2.45, 2.75) is 57.0 Å². The largest absolute Gasteiger partial charge is 0.335 e. The van der Waals surface area contributed by atoms with Crippen molar-refractivity contribution in [3.63, 3.8) is 0 Å². The Balaban J connectivity index is 1.37. The van der Waals surface area contributed by atoms with Gasteiger partial charge in [0.2, 0.25) is 0 Å². The van der Waals surface area contributed by atoms with Crippen molar-refractivity contribution in [3.05, 3.63) is 30.3 Å². The maximum atomic E-state index is 12.3. The third kappa shape index (κ3) is 5.37. The fourth-order valence-electron chi connectivity index (χ4n) is 3.61. The third-order valence-corrected chi connectivity index (χ3v) is 5.08. The molecule has 6 nitrogen and oxygen atoms in total. The molecule has 0 radical (unpaired) electrons. The molecule has 1 aliphatic carbocycles. The van der Waals surface area contributed by atoms with E-state index in [4.69, 9.17) is 0 Å². The summed E-state index contributed by atoms with van der Waals surface area (Å²) in [5, 5.41) is 9.07. The van der Waals surface area contributed by atoms with Gasteiger partial charge in [0, 0.05) is 30.9 Å². The van der Waals surface area contributed by atoms with Crippen molar-refractivity contribution in [1.29, 1.82) is 0 Å². The molecule has 136 valence electrons. The van der Waals surface area contributed by atoms with Crippen LogP contribution in [-0.4, -0.2) is 42.1 Å². The number of urea groups is 2. The summed E-state index contributed by atoms with van der Waals surface area (Å²) < 4.78 is 0. The zero-order chi connectivity index (χ0) is 17.5. The number of nitrogens with one attached hydrogen (secondary N) is 3. The average Bonchev–Trinajstić information content (AvgIpc) is 2.64. The van der Waals surface area contributed by atoms with Crippen LogP contribution in [0.4, 0.5) is 15.3 Å². The van der Waals surface area contributed by atoms with Gasteiger partial charge in [-0.3, -0.25) is 0 Å². The van der Waals surface area contributed by atoms with Gasteiger partial charge in [-0.2, -0.15) is 0 Å². The van der Waals surface area contributed by atoms with Crippen LogP contribution in [0, 0.1) is 0 Å². The van der Waals surface area contributed by atoms with Gasteiger partial charge in [0.1, 0.15) is 0 Å². The van der Waals surface area contributed by atoms with Crippen LogP contribution in [0.15, 0.2) is 30.3 Å². The summed E-state index contributed by atoms with van der Waals surface area (Å²) in [5.74, 6) is 0. The van der Waals surface area contributed by atoms with E-state index in [2.05, 4.69) is 16.0 Å². The Morgan fingerprint density at radius 3 is 2.08 bits per heavy atom. The number of hydrogen-bond acceptors (Lipinski definition) is 2. The molecule has 1 aromatic carbocycles. The monoisotopic (exact) mass is 344 g/mol. The minimum absolute atomic E-state index is 0.0564. The number of carbonyl (C=O) groups is 2. The number of amides is 4. The smallest absolute Gasteiger partial charge is 0.321 e. The second-order valence-electron chi connectivity index (χ2n) is 7.01. The van der Waals surface area contributed by atoms with Crippen molar-refractivity contribution >= 4 is 17.7 Å². The van der Waals surface area contributed by atoms with Gasteiger partial charge >= 0.3 is 12.1 Å². The Hall–Kier alpha value is -2.24. The van der Waals surface area contributed by atoms with Crippen LogP contribution < -0.4 is 16.0 Å². The van der Waals surface area contributed by atoms with Gasteiger partial charge in [-0.1, -0.05) is 37.5 Å². The highest BCUT2D eigenvalue weighted by Crippen LogP contribution is 2.17. The van der Waals surface area contributed by atoms with E-state index in [0.717, 1.165) is 31.4 Å². The van der Waals surface area contributed by atoms with Gasteiger partial charge in [-0.15, -0.1) is 0 Å². The normalized spacial score (nSPS) is 19.3. The van der Waals surface area contributed by atoms with E-state index in [9.17, 15) is 9.59 Å². The van der Waals surface area contributed by atoms with E-state index >= 15 is 0 Å². The minimum atomic E-state index is -0.0729. The molecule has 0 atom stereocenters. The number of hydrogen-bond donors (Lipinski definition) is 3. The molecule has 2 fully saturated rings. The molecular weight excluding hydrogens is 316 g/mol. The van der Waals surface area contributed by atoms with Gasteiger partial charge in [-0.25, -0.2) is 9.59 Å². The molecule has 25 heavy (non-hydrogen) atoms. The van der Waals surface area contributed by atoms with Crippen molar-refractivity contribution in [1.82, 2.24) is 15.5 Å². The second kappa shape index (κ2) is 8.74. The molecule has 0 aromatic heterocycles. The molecule has 1 saturated heterocycles. The van der Waals surface area contributed by atoms with E-state index in [-0.39, 0.29) is 18.1 Å². The molecule has 6 heteroatoms. The quantitative estimate of drug-likeness (QED) is 0.787. The van der Waals surface area contributed by atoms with Crippen molar-refractivity contribution < 1.29 is 9.59 Å². The summed E-state index contributed by atoms with van der Waals surface area (Å²) in [6.45, 7) is 1.32. The van der Waals surface area contributed by atoms with Crippen LogP contribution in [0.1, 0.15) is 44.9 Å². The van der Waals surface area contributed by atoms with E-state index in [1.165, 1.54) is 19.3 Å². The van der Waals surface area contributed by atoms with Crippen LogP contribution >= 0.6 is 0 Å². The lowest BCUT2D eigenvalue weighted by Crippen LogP contribution is -2.51. The van der Waals surface area contributed by atoms with E-state index in [1.807, 2.05) is 35.2 Å². The van der Waals surface area contributed by atoms with Crippen LogP contribution in [-0.2, 0) is 0 Å². The fourth-order valence-corrected chi connectivity index (χ4v) is 3.61. The Morgan fingerprint density at radius 2 is 1.44 bits per heavy atom. The molecule has 2 aliphatic rings. The van der Waals surface area contributed by atoms with Crippen LogP contribution in [0.3, 0.4) is 0 Å². The van der Waals surface area contributed by atoms with E-state index < -0.39 is 0 Å². The molecule has 1 aromatic rings. The molecule has 3 rings (SSSR count). The number of carbonyl (C=O) groups excluding carboxylic acids is 2. The Kier molecular flexibility index (Phi) is 6.14. The number of rotatable bonds is 3. The molecule has 0 unspecified atom stereocenters. The molecule has 1 aliphatic heterocycles. The lowest BCUT2D eigenvalue weighted by molar-refractivity contribution is 0.186. The Labute approximate surface area is 149 Å². The summed E-state index contributed by atoms with van der Waals surface area (Å²) >= 11 is 0. The minimum Gasteiger partial charge on any atom is -0.335 e. The summed E-state index contributed by atoms with van der Waals surface area (Å²) in [4.78, 5) is 26.2. The van der Waals surface area contributed by atoms with Crippen LogP contribution in [0.25, 0.3) is 0 Å². The first kappa shape index (κ1) is 17.6. The number of nitrogens with zero attached hydrogens (tertiary/aromatic N) is 1. The lowest BCUT2D eigenvalue weighted by Gasteiger charge is -2.33. The average molecular weight is 344 g/mol. The molecule has 1 saturated carbocycles. The highest BCUT2D eigenvalue weighted by Gasteiger charge is 2.24. The van der Waals surface area contributed by atoms with Gasteiger partial charge in [0.15, 0.2) is 0 Å². The summed E-state index contributed by atoms with van der Waals surface area (Å²) in [6, 6.07) is 9.81. The topological polar surface area (TPSA) is 73.5 Å². The standard InChI is InChI=1S/C19H28N4O2/c24-18(20-15-7-3-1-4-8-15)21-17-11-13-23(14-12-17)19(25)22-16-9-5-2-6-10-16/h2,5-6,9-10,15,17H,1,3-4,7-8,11-14H2,(H,22,25)(H2,20,21,24). The summed E-state index contributed by atoms with van der Waals surface area (Å²) in [5.41, 5.74) is 0.805. The fraction of sp³-hybridized carbons (Fsp3) is 0.579. The lowest BCUT2D eigenvalue weighted by atomic mass is 9.96. The summed E-state index contributed by atoms with van der Waals surface area (Å²) in [7, 11) is 0. The maximum Gasteiger partial charge on any atom is 0.321 e. The first-order valence-corrected chi connectivity index (χ1v) is 9.39. The van der Waals surface area contributed by atoms with Gasteiger partial charge in [0.05, 0.1) is 0 Å². The predicted molar refractivity (Wildman–Crippen MR) is 98.6 cm³/mol. The Morgan fingerprint density at radius 1 is 0.840 bits per heavy atom. The zero-order valence-corrected chi connectivity index (χ0v) is 14.7. The third-order valence-electron chi connectivity index (χ3n) is 5.08. The van der Waals surface area contributed by atoms with Gasteiger partial charge in [0.25, 0.3) is 0 Å². The number of likely N-dealkylation sites (tertiary alicyclic amines) is 1. The highest BCUT2D eigenvalue weighted by atomic mass is 16.2. The first-order valence-electron chi connectivity index (χ1n) is 9.39. The highest BCUT2D eigenvalue weighted by molar-refractivity contribution is 5.89. The number of para-hydroxylation sites is 1. The maximum absolute atomic E-state index is 12.3. The molecular formula is C19H28N4O2. The predicted octanol–water partition coefficient (Wildman–Crippen LogP) is 3.31. The second-order valence-corrected chi connectivity index (χ2v) is 7.01. The van der Waals surface area contributed by atoms with Gasteiger partial charge < -0.3 is 20.9 Å².